The molecule has 1 heterocycles. The van der Waals surface area contributed by atoms with Gasteiger partial charge >= 0.3 is 0 Å². The molecule has 1 unspecified atom stereocenters. The van der Waals surface area contributed by atoms with Crippen LogP contribution in [0.15, 0.2) is 0 Å². The van der Waals surface area contributed by atoms with E-state index in [0.29, 0.717) is 5.92 Å². The van der Waals surface area contributed by atoms with E-state index in [1.54, 1.807) is 0 Å². The van der Waals surface area contributed by atoms with E-state index in [9.17, 15) is 0 Å². The monoisotopic (exact) mass is 153 g/mol. The minimum Gasteiger partial charge on any atom is -0.328 e. The predicted molar refractivity (Wildman–Crippen MR) is 44.8 cm³/mol. The second-order valence-corrected chi connectivity index (χ2v) is 4.14. The molecule has 0 N–H and O–H groups in total. The maximum Gasteiger partial charge on any atom is 0.0795 e. The highest BCUT2D eigenvalue weighted by Gasteiger charge is 2.22. The van der Waals surface area contributed by atoms with Gasteiger partial charge < -0.3 is 4.48 Å². The summed E-state index contributed by atoms with van der Waals surface area (Å²) in [5, 5.41) is 8.73. The predicted octanol–water partition coefficient (Wildman–Crippen LogP) is 1.39. The number of quaternary nitrogens is 1. The van der Waals surface area contributed by atoms with Crippen LogP contribution >= 0.6 is 0 Å². The largest absolute Gasteiger partial charge is 0.328 e. The molecule has 0 aromatic rings. The lowest BCUT2D eigenvalue weighted by atomic mass is 10.0. The minimum absolute atomic E-state index is 0.329. The highest BCUT2D eigenvalue weighted by molar-refractivity contribution is 4.83. The van der Waals surface area contributed by atoms with Crippen molar-refractivity contribution in [3.05, 3.63) is 0 Å². The van der Waals surface area contributed by atoms with Crippen LogP contribution in [0.4, 0.5) is 0 Å². The molecule has 0 aromatic carbocycles. The molecule has 0 bridgehead atoms. The van der Waals surface area contributed by atoms with Crippen LogP contribution in [0.25, 0.3) is 0 Å². The maximum atomic E-state index is 8.73. The van der Waals surface area contributed by atoms with E-state index in [1.165, 1.54) is 13.0 Å². The van der Waals surface area contributed by atoms with E-state index in [2.05, 4.69) is 20.2 Å². The summed E-state index contributed by atoms with van der Waals surface area (Å²) in [5.74, 6) is 0.329. The number of nitriles is 1. The Kier molecular flexibility index (Phi) is 2.51. The Morgan fingerprint density at radius 1 is 1.27 bits per heavy atom. The fraction of sp³-hybridized carbons (Fsp3) is 0.889. The first-order valence-corrected chi connectivity index (χ1v) is 4.36. The van der Waals surface area contributed by atoms with E-state index in [4.69, 9.17) is 5.26 Å². The zero-order chi connectivity index (χ0) is 8.32. The van der Waals surface area contributed by atoms with Crippen LogP contribution in [0.5, 0.6) is 0 Å². The molecule has 1 atom stereocenters. The van der Waals surface area contributed by atoms with Crippen molar-refractivity contribution in [1.82, 2.24) is 0 Å². The van der Waals surface area contributed by atoms with E-state index in [1.807, 2.05) is 0 Å². The van der Waals surface area contributed by atoms with Crippen molar-refractivity contribution in [3.63, 3.8) is 0 Å². The maximum absolute atomic E-state index is 8.73. The lowest BCUT2D eigenvalue weighted by Gasteiger charge is -2.27. The lowest BCUT2D eigenvalue weighted by Crippen LogP contribution is -2.40. The van der Waals surface area contributed by atoms with Gasteiger partial charge in [0.1, 0.15) is 0 Å². The second kappa shape index (κ2) is 3.23. The molecule has 62 valence electrons. The molecule has 1 fully saturated rings. The summed E-state index contributed by atoms with van der Waals surface area (Å²) in [6.45, 7) is 2.40. The van der Waals surface area contributed by atoms with Crippen molar-refractivity contribution in [2.75, 3.05) is 27.2 Å². The van der Waals surface area contributed by atoms with Gasteiger partial charge in [0, 0.05) is 6.42 Å². The van der Waals surface area contributed by atoms with Gasteiger partial charge in [0.05, 0.1) is 39.2 Å². The van der Waals surface area contributed by atoms with Crippen LogP contribution in [0, 0.1) is 17.2 Å². The number of rotatable bonds is 0. The molecule has 0 radical (unpaired) electrons. The minimum atomic E-state index is 0.329. The third kappa shape index (κ3) is 2.51. The summed E-state index contributed by atoms with van der Waals surface area (Å²) in [7, 11) is 4.50. The first-order chi connectivity index (χ1) is 5.14. The zero-order valence-electron chi connectivity index (χ0n) is 7.51. The number of hydrogen-bond donors (Lipinski definition) is 0. The summed E-state index contributed by atoms with van der Waals surface area (Å²) < 4.78 is 1.10. The first kappa shape index (κ1) is 8.55. The zero-order valence-corrected chi connectivity index (χ0v) is 7.51. The van der Waals surface area contributed by atoms with Crippen LogP contribution in [0.3, 0.4) is 0 Å². The first-order valence-electron chi connectivity index (χ1n) is 4.36. The Hall–Kier alpha value is -0.550. The van der Waals surface area contributed by atoms with Crippen molar-refractivity contribution >= 4 is 0 Å². The molecule has 0 aromatic heterocycles. The van der Waals surface area contributed by atoms with Crippen LogP contribution in [-0.4, -0.2) is 31.7 Å². The van der Waals surface area contributed by atoms with Gasteiger partial charge in [0.15, 0.2) is 0 Å². The molecule has 0 aliphatic carbocycles. The second-order valence-electron chi connectivity index (χ2n) is 4.14. The molecule has 1 aliphatic heterocycles. The molecule has 2 nitrogen and oxygen atoms in total. The Balaban J connectivity index is 2.47. The van der Waals surface area contributed by atoms with Crippen molar-refractivity contribution in [2.45, 2.75) is 19.3 Å². The summed E-state index contributed by atoms with van der Waals surface area (Å²) >= 11 is 0. The summed E-state index contributed by atoms with van der Waals surface area (Å²) in [6, 6.07) is 2.37. The molecule has 1 rings (SSSR count). The van der Waals surface area contributed by atoms with Gasteiger partial charge in [-0.1, -0.05) is 0 Å². The standard InChI is InChI=1S/C9H17N2/c1-11(2)6-3-4-9(8-10)5-7-11/h9H,3-7H2,1-2H3/q+1. The summed E-state index contributed by atoms with van der Waals surface area (Å²) in [4.78, 5) is 0. The highest BCUT2D eigenvalue weighted by Crippen LogP contribution is 2.18. The van der Waals surface area contributed by atoms with Crippen molar-refractivity contribution in [2.24, 2.45) is 5.92 Å². The normalized spacial score (nSPS) is 30.5. The highest BCUT2D eigenvalue weighted by atomic mass is 15.3. The fourth-order valence-electron chi connectivity index (χ4n) is 1.66. The quantitative estimate of drug-likeness (QED) is 0.482. The summed E-state index contributed by atoms with van der Waals surface area (Å²) in [6.07, 6.45) is 3.41. The third-order valence-corrected chi connectivity index (χ3v) is 2.58. The molecule has 0 saturated carbocycles. The topological polar surface area (TPSA) is 23.8 Å². The van der Waals surface area contributed by atoms with Crippen molar-refractivity contribution < 1.29 is 4.48 Å². The van der Waals surface area contributed by atoms with E-state index >= 15 is 0 Å². The molecular weight excluding hydrogens is 136 g/mol. The van der Waals surface area contributed by atoms with Gasteiger partial charge in [-0.3, -0.25) is 0 Å². The lowest BCUT2D eigenvalue weighted by molar-refractivity contribution is -0.889. The van der Waals surface area contributed by atoms with Crippen LogP contribution in [0.2, 0.25) is 0 Å². The Morgan fingerprint density at radius 3 is 2.64 bits per heavy atom. The third-order valence-electron chi connectivity index (χ3n) is 2.58. The number of nitrogens with zero attached hydrogens (tertiary/aromatic N) is 2. The summed E-state index contributed by atoms with van der Waals surface area (Å²) in [5.41, 5.74) is 0. The van der Waals surface area contributed by atoms with Gasteiger partial charge in [-0.2, -0.15) is 5.26 Å². The molecule has 0 amide bonds. The van der Waals surface area contributed by atoms with Crippen molar-refractivity contribution in [1.29, 1.82) is 5.26 Å². The van der Waals surface area contributed by atoms with Gasteiger partial charge in [0.2, 0.25) is 0 Å². The Morgan fingerprint density at radius 2 is 2.00 bits per heavy atom. The Labute approximate surface area is 69.0 Å². The number of hydrogen-bond acceptors (Lipinski definition) is 1. The SMILES string of the molecule is C[N+]1(C)CCCC(C#N)CC1. The van der Waals surface area contributed by atoms with Gasteiger partial charge in [0.25, 0.3) is 0 Å². The Bertz CT molecular complexity index is 167. The average Bonchev–Trinajstić information content (AvgIpc) is 2.10. The average molecular weight is 153 g/mol. The molecule has 1 aliphatic rings. The molecular formula is C9H17N2+. The number of likely N-dealkylation sites (tertiary alicyclic amines) is 1. The van der Waals surface area contributed by atoms with Gasteiger partial charge in [-0.25, -0.2) is 0 Å². The van der Waals surface area contributed by atoms with Gasteiger partial charge in [-0.05, 0) is 12.8 Å². The van der Waals surface area contributed by atoms with Crippen LogP contribution in [-0.2, 0) is 0 Å². The fourth-order valence-corrected chi connectivity index (χ4v) is 1.66. The van der Waals surface area contributed by atoms with E-state index in [-0.39, 0.29) is 0 Å². The molecule has 11 heavy (non-hydrogen) atoms. The van der Waals surface area contributed by atoms with Gasteiger partial charge in [-0.15, -0.1) is 0 Å². The van der Waals surface area contributed by atoms with E-state index < -0.39 is 0 Å². The van der Waals surface area contributed by atoms with Crippen LogP contribution in [0.1, 0.15) is 19.3 Å². The molecule has 1 saturated heterocycles. The van der Waals surface area contributed by atoms with E-state index in [0.717, 1.165) is 23.9 Å². The van der Waals surface area contributed by atoms with Crippen molar-refractivity contribution in [3.8, 4) is 6.07 Å². The molecule has 2 heteroatoms. The molecule has 0 spiro atoms. The van der Waals surface area contributed by atoms with Crippen LogP contribution < -0.4 is 0 Å². The smallest absolute Gasteiger partial charge is 0.0795 e.